The molecule has 0 radical (unpaired) electrons. The first-order valence-electron chi connectivity index (χ1n) is 3.86. The highest BCUT2D eigenvalue weighted by Gasteiger charge is 2.08. The second-order valence-corrected chi connectivity index (χ2v) is 3.79. The van der Waals surface area contributed by atoms with Gasteiger partial charge in [-0.2, -0.15) is 9.97 Å². The predicted octanol–water partition coefficient (Wildman–Crippen LogP) is 1.81. The third-order valence-electron chi connectivity index (χ3n) is 1.45. The quantitative estimate of drug-likeness (QED) is 0.789. The normalized spacial score (nSPS) is 10.3. The molecule has 0 aliphatic carbocycles. The predicted molar refractivity (Wildman–Crippen MR) is 55.8 cm³/mol. The van der Waals surface area contributed by atoms with E-state index in [0.717, 1.165) is 0 Å². The van der Waals surface area contributed by atoms with Crippen molar-refractivity contribution < 1.29 is 4.74 Å². The van der Waals surface area contributed by atoms with Crippen molar-refractivity contribution in [1.29, 1.82) is 0 Å². The molecule has 0 amide bonds. The number of aromatic nitrogens is 5. The Bertz CT molecular complexity index is 488. The highest BCUT2D eigenvalue weighted by molar-refractivity contribution is 9.10. The van der Waals surface area contributed by atoms with E-state index in [2.05, 4.69) is 36.0 Å². The van der Waals surface area contributed by atoms with E-state index in [4.69, 9.17) is 16.3 Å². The fourth-order valence-corrected chi connectivity index (χ4v) is 1.25. The minimum Gasteiger partial charge on any atom is -0.403 e. The zero-order valence-electron chi connectivity index (χ0n) is 7.55. The molecule has 15 heavy (non-hydrogen) atoms. The average Bonchev–Trinajstić information content (AvgIpc) is 2.58. The summed E-state index contributed by atoms with van der Waals surface area (Å²) in [5.41, 5.74) is 0. The van der Waals surface area contributed by atoms with Gasteiger partial charge >= 0.3 is 6.01 Å². The Hall–Kier alpha value is -1.21. The number of nitrogens with zero attached hydrogens (tertiary/aromatic N) is 5. The number of halogens is 2. The van der Waals surface area contributed by atoms with Gasteiger partial charge in [0.15, 0.2) is 0 Å². The van der Waals surface area contributed by atoms with Gasteiger partial charge in [0.05, 0.1) is 4.47 Å². The first kappa shape index (κ1) is 10.3. The smallest absolute Gasteiger partial charge is 0.342 e. The first-order valence-corrected chi connectivity index (χ1v) is 5.04. The topological polar surface area (TPSA) is 65.7 Å². The molecule has 8 heteroatoms. The SMILES string of the molecule is Cn1cnc(Oc2nc(Cl)ncc2Br)n1. The van der Waals surface area contributed by atoms with Crippen LogP contribution in [0.25, 0.3) is 0 Å². The summed E-state index contributed by atoms with van der Waals surface area (Å²) < 4.78 is 7.39. The fraction of sp³-hybridized carbons (Fsp3) is 0.143. The van der Waals surface area contributed by atoms with Crippen LogP contribution in [0.4, 0.5) is 0 Å². The molecule has 2 aromatic rings. The van der Waals surface area contributed by atoms with E-state index < -0.39 is 0 Å². The summed E-state index contributed by atoms with van der Waals surface area (Å²) in [6.45, 7) is 0. The number of aryl methyl sites for hydroxylation is 1. The Labute approximate surface area is 98.4 Å². The van der Waals surface area contributed by atoms with E-state index in [1.165, 1.54) is 17.2 Å². The van der Waals surface area contributed by atoms with Crippen molar-refractivity contribution >= 4 is 27.5 Å². The van der Waals surface area contributed by atoms with Gasteiger partial charge < -0.3 is 4.74 Å². The van der Waals surface area contributed by atoms with E-state index in [-0.39, 0.29) is 17.2 Å². The molecule has 0 saturated heterocycles. The maximum atomic E-state index is 5.62. The molecule has 2 rings (SSSR count). The monoisotopic (exact) mass is 289 g/mol. The van der Waals surface area contributed by atoms with Gasteiger partial charge in [0.2, 0.25) is 11.2 Å². The largest absolute Gasteiger partial charge is 0.403 e. The van der Waals surface area contributed by atoms with Crippen LogP contribution < -0.4 is 4.74 Å². The van der Waals surface area contributed by atoms with Gasteiger partial charge in [-0.15, -0.1) is 5.10 Å². The molecule has 0 bridgehead atoms. The number of rotatable bonds is 2. The summed E-state index contributed by atoms with van der Waals surface area (Å²) in [4.78, 5) is 11.5. The molecule has 0 unspecified atom stereocenters. The van der Waals surface area contributed by atoms with Crippen molar-refractivity contribution in [1.82, 2.24) is 24.7 Å². The van der Waals surface area contributed by atoms with Crippen LogP contribution in [0.2, 0.25) is 5.28 Å². The van der Waals surface area contributed by atoms with Gasteiger partial charge in [0, 0.05) is 13.2 Å². The summed E-state index contributed by atoms with van der Waals surface area (Å²) >= 11 is 8.84. The van der Waals surface area contributed by atoms with E-state index in [9.17, 15) is 0 Å². The second kappa shape index (κ2) is 4.11. The molecule has 0 fully saturated rings. The maximum absolute atomic E-state index is 5.62. The highest BCUT2D eigenvalue weighted by atomic mass is 79.9. The van der Waals surface area contributed by atoms with E-state index in [1.807, 2.05) is 0 Å². The molecule has 0 atom stereocenters. The van der Waals surface area contributed by atoms with E-state index in [0.29, 0.717) is 4.47 Å². The van der Waals surface area contributed by atoms with Gasteiger partial charge in [-0.1, -0.05) is 0 Å². The van der Waals surface area contributed by atoms with Crippen LogP contribution in [0.15, 0.2) is 17.0 Å². The van der Waals surface area contributed by atoms with Crippen molar-refractivity contribution in [2.45, 2.75) is 0 Å². The minimum atomic E-state index is 0.101. The lowest BCUT2D eigenvalue weighted by Crippen LogP contribution is -1.94. The van der Waals surface area contributed by atoms with Gasteiger partial charge in [-0.05, 0) is 27.5 Å². The average molecular weight is 291 g/mol. The standard InChI is InChI=1S/C7H5BrClN5O/c1-14-3-11-7(13-14)15-5-4(8)2-10-6(9)12-5/h2-3H,1H3. The molecular formula is C7H5BrClN5O. The molecule has 0 aromatic carbocycles. The van der Waals surface area contributed by atoms with Gasteiger partial charge in [0.25, 0.3) is 0 Å². The molecule has 2 heterocycles. The number of ether oxygens (including phenoxy) is 1. The molecule has 0 aliphatic rings. The Kier molecular flexibility index (Phi) is 2.83. The second-order valence-electron chi connectivity index (χ2n) is 2.59. The van der Waals surface area contributed by atoms with Crippen molar-refractivity contribution in [2.75, 3.05) is 0 Å². The lowest BCUT2D eigenvalue weighted by Gasteiger charge is -2.01. The summed E-state index contributed by atoms with van der Waals surface area (Å²) in [7, 11) is 1.74. The highest BCUT2D eigenvalue weighted by Crippen LogP contribution is 2.25. The third-order valence-corrected chi connectivity index (χ3v) is 2.18. The Balaban J connectivity index is 2.27. The van der Waals surface area contributed by atoms with Crippen LogP contribution in [-0.2, 0) is 7.05 Å². The summed E-state index contributed by atoms with van der Waals surface area (Å²) in [5.74, 6) is 0.279. The van der Waals surface area contributed by atoms with Crippen LogP contribution in [0.5, 0.6) is 11.9 Å². The summed E-state index contributed by atoms with van der Waals surface area (Å²) in [6, 6.07) is 0.202. The van der Waals surface area contributed by atoms with Gasteiger partial charge in [0.1, 0.15) is 6.33 Å². The van der Waals surface area contributed by atoms with Crippen molar-refractivity contribution in [2.24, 2.45) is 7.05 Å². The van der Waals surface area contributed by atoms with Crippen LogP contribution in [0.1, 0.15) is 0 Å². The lowest BCUT2D eigenvalue weighted by atomic mass is 10.6. The molecular weight excluding hydrogens is 285 g/mol. The Morgan fingerprint density at radius 3 is 2.93 bits per heavy atom. The Morgan fingerprint density at radius 2 is 2.27 bits per heavy atom. The molecule has 0 spiro atoms. The van der Waals surface area contributed by atoms with Crippen molar-refractivity contribution in [3.63, 3.8) is 0 Å². The van der Waals surface area contributed by atoms with Crippen LogP contribution in [0.3, 0.4) is 0 Å². The van der Waals surface area contributed by atoms with Crippen molar-refractivity contribution in [3.05, 3.63) is 22.3 Å². The van der Waals surface area contributed by atoms with Crippen LogP contribution in [-0.4, -0.2) is 24.7 Å². The first-order chi connectivity index (χ1) is 7.15. The molecule has 2 aromatic heterocycles. The maximum Gasteiger partial charge on any atom is 0.342 e. The summed E-state index contributed by atoms with van der Waals surface area (Å²) in [6.07, 6.45) is 3.01. The zero-order chi connectivity index (χ0) is 10.8. The molecule has 0 N–H and O–H groups in total. The number of hydrogen-bond donors (Lipinski definition) is 0. The zero-order valence-corrected chi connectivity index (χ0v) is 9.90. The summed E-state index contributed by atoms with van der Waals surface area (Å²) in [5, 5.41) is 4.04. The minimum absolute atomic E-state index is 0.101. The Morgan fingerprint density at radius 1 is 1.47 bits per heavy atom. The molecule has 0 saturated carbocycles. The van der Waals surface area contributed by atoms with Gasteiger partial charge in [-0.25, -0.2) is 4.98 Å². The molecule has 6 nitrogen and oxygen atoms in total. The fourth-order valence-electron chi connectivity index (χ4n) is 0.856. The van der Waals surface area contributed by atoms with Crippen molar-refractivity contribution in [3.8, 4) is 11.9 Å². The van der Waals surface area contributed by atoms with Gasteiger partial charge in [-0.3, -0.25) is 4.68 Å². The number of hydrogen-bond acceptors (Lipinski definition) is 5. The van der Waals surface area contributed by atoms with E-state index in [1.54, 1.807) is 7.05 Å². The third kappa shape index (κ3) is 2.42. The van der Waals surface area contributed by atoms with Crippen LogP contribution in [0, 0.1) is 0 Å². The van der Waals surface area contributed by atoms with E-state index >= 15 is 0 Å². The molecule has 0 aliphatic heterocycles. The van der Waals surface area contributed by atoms with Crippen LogP contribution >= 0.6 is 27.5 Å². The molecule has 78 valence electrons. The lowest BCUT2D eigenvalue weighted by molar-refractivity contribution is 0.418.